The number of benzene rings is 2. The van der Waals surface area contributed by atoms with Crippen molar-refractivity contribution in [3.8, 4) is 11.5 Å². The van der Waals surface area contributed by atoms with Crippen molar-refractivity contribution in [1.82, 2.24) is 0 Å². The van der Waals surface area contributed by atoms with Crippen LogP contribution in [0.4, 0.5) is 4.39 Å². The molecule has 0 aliphatic rings. The first kappa shape index (κ1) is 14.4. The van der Waals surface area contributed by atoms with E-state index >= 15 is 0 Å². The van der Waals surface area contributed by atoms with Crippen LogP contribution in [0.1, 0.15) is 5.56 Å². The molecule has 2 aromatic carbocycles. The van der Waals surface area contributed by atoms with Gasteiger partial charge in [0.2, 0.25) is 0 Å². The number of aliphatic hydroxyl groups excluding tert-OH is 1. The van der Waals surface area contributed by atoms with Crippen LogP contribution < -0.4 is 4.74 Å². The molecule has 0 fully saturated rings. The zero-order chi connectivity index (χ0) is 14.0. The number of halogens is 4. The smallest absolute Gasteiger partial charge is 0.147 e. The third-order valence-corrected chi connectivity index (χ3v) is 3.41. The highest BCUT2D eigenvalue weighted by atomic mass is 35.5. The van der Waals surface area contributed by atoms with Crippen molar-refractivity contribution in [2.75, 3.05) is 0 Å². The van der Waals surface area contributed by atoms with E-state index in [-0.39, 0.29) is 22.4 Å². The number of hydrogen-bond acceptors (Lipinski definition) is 2. The van der Waals surface area contributed by atoms with Crippen LogP contribution >= 0.6 is 34.8 Å². The summed E-state index contributed by atoms with van der Waals surface area (Å²) in [4.78, 5) is 0. The summed E-state index contributed by atoms with van der Waals surface area (Å²) < 4.78 is 18.6. The van der Waals surface area contributed by atoms with Gasteiger partial charge in [-0.1, -0.05) is 34.8 Å². The van der Waals surface area contributed by atoms with Gasteiger partial charge in [-0.3, -0.25) is 0 Å². The van der Waals surface area contributed by atoms with Gasteiger partial charge in [-0.05, 0) is 24.3 Å². The largest absolute Gasteiger partial charge is 0.455 e. The SMILES string of the molecule is OCc1cc(F)ccc1Oc1cc(Cl)c(Cl)cc1Cl. The fraction of sp³-hybridized carbons (Fsp3) is 0.0769. The minimum atomic E-state index is -0.461. The third-order valence-electron chi connectivity index (χ3n) is 2.39. The molecule has 0 aliphatic heterocycles. The quantitative estimate of drug-likeness (QED) is 0.800. The molecular weight excluding hydrogens is 313 g/mol. The second-order valence-corrected chi connectivity index (χ2v) is 4.93. The molecule has 19 heavy (non-hydrogen) atoms. The summed E-state index contributed by atoms with van der Waals surface area (Å²) in [6.45, 7) is -0.355. The maximum absolute atomic E-state index is 13.0. The van der Waals surface area contributed by atoms with Crippen LogP contribution in [0.2, 0.25) is 15.1 Å². The van der Waals surface area contributed by atoms with Crippen molar-refractivity contribution >= 4 is 34.8 Å². The molecule has 0 amide bonds. The molecule has 100 valence electrons. The predicted molar refractivity (Wildman–Crippen MR) is 73.9 cm³/mol. The van der Waals surface area contributed by atoms with Crippen molar-refractivity contribution in [1.29, 1.82) is 0 Å². The lowest BCUT2D eigenvalue weighted by atomic mass is 10.2. The maximum Gasteiger partial charge on any atom is 0.147 e. The standard InChI is InChI=1S/C13H8Cl3FO2/c14-9-4-11(16)13(5-10(9)15)19-12-2-1-8(17)3-7(12)6-18/h1-5,18H,6H2. The lowest BCUT2D eigenvalue weighted by Crippen LogP contribution is -1.93. The Balaban J connectivity index is 2.39. The molecule has 0 aliphatic carbocycles. The molecule has 0 saturated carbocycles. The highest BCUT2D eigenvalue weighted by Crippen LogP contribution is 2.37. The Labute approximate surface area is 124 Å². The van der Waals surface area contributed by atoms with Crippen LogP contribution in [-0.4, -0.2) is 5.11 Å². The second kappa shape index (κ2) is 5.97. The molecule has 2 nitrogen and oxygen atoms in total. The lowest BCUT2D eigenvalue weighted by molar-refractivity contribution is 0.276. The molecule has 0 bridgehead atoms. The normalized spacial score (nSPS) is 10.6. The van der Waals surface area contributed by atoms with Gasteiger partial charge in [-0.2, -0.15) is 0 Å². The van der Waals surface area contributed by atoms with Gasteiger partial charge in [0.15, 0.2) is 0 Å². The van der Waals surface area contributed by atoms with Crippen molar-refractivity contribution in [2.45, 2.75) is 6.61 Å². The molecule has 0 atom stereocenters. The van der Waals surface area contributed by atoms with Crippen LogP contribution in [0.5, 0.6) is 11.5 Å². The summed E-state index contributed by atoms with van der Waals surface area (Å²) in [5, 5.41) is 10.0. The summed E-state index contributed by atoms with van der Waals surface area (Å²) in [5.41, 5.74) is 0.308. The molecule has 0 aromatic heterocycles. The molecule has 0 saturated heterocycles. The zero-order valence-electron chi connectivity index (χ0n) is 9.46. The number of ether oxygens (including phenoxy) is 1. The van der Waals surface area contributed by atoms with Crippen molar-refractivity contribution in [2.24, 2.45) is 0 Å². The van der Waals surface area contributed by atoms with E-state index in [9.17, 15) is 4.39 Å². The van der Waals surface area contributed by atoms with Crippen LogP contribution in [0.25, 0.3) is 0 Å². The minimum absolute atomic E-state index is 0.266. The van der Waals surface area contributed by atoms with Crippen LogP contribution in [0, 0.1) is 5.82 Å². The lowest BCUT2D eigenvalue weighted by Gasteiger charge is -2.12. The van der Waals surface area contributed by atoms with Gasteiger partial charge >= 0.3 is 0 Å². The van der Waals surface area contributed by atoms with Crippen LogP contribution in [0.15, 0.2) is 30.3 Å². The Morgan fingerprint density at radius 1 is 0.947 bits per heavy atom. The monoisotopic (exact) mass is 320 g/mol. The molecule has 0 spiro atoms. The molecule has 0 heterocycles. The summed E-state index contributed by atoms with van der Waals surface area (Å²) in [6, 6.07) is 6.71. The van der Waals surface area contributed by atoms with Gasteiger partial charge < -0.3 is 9.84 Å². The highest BCUT2D eigenvalue weighted by Gasteiger charge is 2.11. The van der Waals surface area contributed by atoms with Gasteiger partial charge in [-0.25, -0.2) is 4.39 Å². The number of aliphatic hydroxyl groups is 1. The van der Waals surface area contributed by atoms with Gasteiger partial charge in [-0.15, -0.1) is 0 Å². The van der Waals surface area contributed by atoms with E-state index in [2.05, 4.69) is 0 Å². The van der Waals surface area contributed by atoms with E-state index in [0.29, 0.717) is 16.3 Å². The fourth-order valence-corrected chi connectivity index (χ4v) is 2.05. The average molecular weight is 322 g/mol. The van der Waals surface area contributed by atoms with Gasteiger partial charge in [0.1, 0.15) is 17.3 Å². The van der Waals surface area contributed by atoms with Crippen molar-refractivity contribution in [3.05, 3.63) is 56.8 Å². The molecule has 2 aromatic rings. The van der Waals surface area contributed by atoms with E-state index in [1.807, 2.05) is 0 Å². The predicted octanol–water partition coefficient (Wildman–Crippen LogP) is 5.07. The fourth-order valence-electron chi connectivity index (χ4n) is 1.47. The third kappa shape index (κ3) is 3.31. The van der Waals surface area contributed by atoms with Gasteiger partial charge in [0.25, 0.3) is 0 Å². The van der Waals surface area contributed by atoms with E-state index in [1.54, 1.807) is 0 Å². The number of rotatable bonds is 3. The minimum Gasteiger partial charge on any atom is -0.455 e. The molecule has 0 radical (unpaired) electrons. The molecule has 1 N–H and O–H groups in total. The second-order valence-electron chi connectivity index (χ2n) is 3.71. The first-order valence-electron chi connectivity index (χ1n) is 5.23. The molecule has 0 unspecified atom stereocenters. The van der Waals surface area contributed by atoms with E-state index < -0.39 is 5.82 Å². The van der Waals surface area contributed by atoms with Gasteiger partial charge in [0.05, 0.1) is 21.7 Å². The maximum atomic E-state index is 13.0. The Kier molecular flexibility index (Phi) is 4.53. The first-order valence-corrected chi connectivity index (χ1v) is 6.36. The molecule has 2 rings (SSSR count). The van der Waals surface area contributed by atoms with E-state index in [0.717, 1.165) is 0 Å². The van der Waals surface area contributed by atoms with E-state index in [4.69, 9.17) is 44.6 Å². The van der Waals surface area contributed by atoms with Crippen molar-refractivity contribution in [3.63, 3.8) is 0 Å². The van der Waals surface area contributed by atoms with E-state index in [1.165, 1.54) is 30.3 Å². The summed E-state index contributed by atoms with van der Waals surface area (Å²) >= 11 is 17.7. The Morgan fingerprint density at radius 3 is 2.32 bits per heavy atom. The molecular formula is C13H8Cl3FO2. The average Bonchev–Trinajstić information content (AvgIpc) is 2.37. The Bertz CT molecular complexity index is 617. The first-order chi connectivity index (χ1) is 9.01. The highest BCUT2D eigenvalue weighted by molar-refractivity contribution is 6.43. The number of hydrogen-bond donors (Lipinski definition) is 1. The van der Waals surface area contributed by atoms with Crippen LogP contribution in [-0.2, 0) is 6.61 Å². The zero-order valence-corrected chi connectivity index (χ0v) is 11.7. The molecule has 6 heteroatoms. The van der Waals surface area contributed by atoms with Gasteiger partial charge in [0, 0.05) is 11.6 Å². The summed E-state index contributed by atoms with van der Waals surface area (Å²) in [5.74, 6) is 0.109. The van der Waals surface area contributed by atoms with Crippen molar-refractivity contribution < 1.29 is 14.2 Å². The summed E-state index contributed by atoms with van der Waals surface area (Å²) in [6.07, 6.45) is 0. The van der Waals surface area contributed by atoms with Crippen LogP contribution in [0.3, 0.4) is 0 Å². The topological polar surface area (TPSA) is 29.5 Å². The Morgan fingerprint density at radius 2 is 1.63 bits per heavy atom. The summed E-state index contributed by atoms with van der Waals surface area (Å²) in [7, 11) is 0. The Hall–Kier alpha value is -1.000.